The summed E-state index contributed by atoms with van der Waals surface area (Å²) in [6.45, 7) is 0. The second-order valence-corrected chi connectivity index (χ2v) is 17.9. The van der Waals surface area contributed by atoms with Gasteiger partial charge < -0.3 is 0 Å². The Morgan fingerprint density at radius 3 is 1.37 bits per heavy atom. The SMILES string of the molecule is c1ccc(-c2cccc(-c3cccc(-c4nc(-c5ccccc5)nc(-n5c6ccccc6c6ccc(-c7ccc8c(c7)C7(c9ccccc9-c9ccccc97)c7ccccc7-8)cc65)n4)c3)c2)cc1. The molecule has 14 rings (SSSR count). The summed E-state index contributed by atoms with van der Waals surface area (Å²) in [5, 5.41) is 2.27. The molecule has 2 aliphatic rings. The number of nitrogens with zero attached hydrogens (tertiary/aromatic N) is 4. The average molecular weight is 865 g/mol. The molecule has 0 saturated heterocycles. The van der Waals surface area contributed by atoms with Gasteiger partial charge in [-0.2, -0.15) is 9.97 Å². The molecule has 0 N–H and O–H groups in total. The Bertz CT molecular complexity index is 3920. The van der Waals surface area contributed by atoms with Crippen LogP contribution in [0, 0.1) is 0 Å². The summed E-state index contributed by atoms with van der Waals surface area (Å²) < 4.78 is 2.23. The van der Waals surface area contributed by atoms with Crippen LogP contribution in [0.3, 0.4) is 0 Å². The largest absolute Gasteiger partial charge is 0.278 e. The van der Waals surface area contributed by atoms with E-state index >= 15 is 0 Å². The Morgan fingerprint density at radius 1 is 0.265 bits per heavy atom. The first-order valence-corrected chi connectivity index (χ1v) is 23.3. The molecule has 0 radical (unpaired) electrons. The van der Waals surface area contributed by atoms with Gasteiger partial charge in [0.1, 0.15) is 0 Å². The fourth-order valence-corrected chi connectivity index (χ4v) is 11.3. The smallest absolute Gasteiger partial charge is 0.238 e. The molecule has 10 aromatic carbocycles. The highest BCUT2D eigenvalue weighted by Gasteiger charge is 2.51. The van der Waals surface area contributed by atoms with E-state index in [9.17, 15) is 0 Å². The van der Waals surface area contributed by atoms with Crippen LogP contribution < -0.4 is 0 Å². The van der Waals surface area contributed by atoms with E-state index in [1.165, 1.54) is 55.6 Å². The topological polar surface area (TPSA) is 43.6 Å². The summed E-state index contributed by atoms with van der Waals surface area (Å²) in [5.41, 5.74) is 20.9. The van der Waals surface area contributed by atoms with Crippen molar-refractivity contribution in [3.8, 4) is 84.4 Å². The molecule has 0 atom stereocenters. The highest BCUT2D eigenvalue weighted by Crippen LogP contribution is 2.63. The lowest BCUT2D eigenvalue weighted by Gasteiger charge is -2.30. The highest BCUT2D eigenvalue weighted by atomic mass is 15.2. The first kappa shape index (κ1) is 38.3. The van der Waals surface area contributed by atoms with Crippen LogP contribution in [0.5, 0.6) is 0 Å². The Hall–Kier alpha value is -8.99. The monoisotopic (exact) mass is 864 g/mol. The van der Waals surface area contributed by atoms with Crippen molar-refractivity contribution in [2.24, 2.45) is 0 Å². The molecule has 2 aliphatic carbocycles. The van der Waals surface area contributed by atoms with Crippen LogP contribution in [0.4, 0.5) is 0 Å². The van der Waals surface area contributed by atoms with Crippen LogP contribution in [0.1, 0.15) is 22.3 Å². The molecule has 4 heteroatoms. The van der Waals surface area contributed by atoms with Crippen molar-refractivity contribution in [3.05, 3.63) is 265 Å². The van der Waals surface area contributed by atoms with Crippen molar-refractivity contribution < 1.29 is 0 Å². The minimum Gasteiger partial charge on any atom is -0.278 e. The van der Waals surface area contributed by atoms with Crippen LogP contribution in [0.2, 0.25) is 0 Å². The van der Waals surface area contributed by atoms with Gasteiger partial charge in [-0.05, 0) is 108 Å². The van der Waals surface area contributed by atoms with Crippen molar-refractivity contribution in [2.45, 2.75) is 5.41 Å². The minimum absolute atomic E-state index is 0.425. The maximum Gasteiger partial charge on any atom is 0.238 e. The maximum absolute atomic E-state index is 5.38. The van der Waals surface area contributed by atoms with E-state index in [1.54, 1.807) is 0 Å². The van der Waals surface area contributed by atoms with Gasteiger partial charge in [0.05, 0.1) is 16.4 Å². The molecule has 12 aromatic rings. The summed E-state index contributed by atoms with van der Waals surface area (Å²) in [4.78, 5) is 15.9. The van der Waals surface area contributed by atoms with Crippen LogP contribution in [0.25, 0.3) is 106 Å². The van der Waals surface area contributed by atoms with Gasteiger partial charge in [-0.15, -0.1) is 0 Å². The van der Waals surface area contributed by atoms with Crippen molar-refractivity contribution in [2.75, 3.05) is 0 Å². The zero-order valence-corrected chi connectivity index (χ0v) is 36.9. The molecular weight excluding hydrogens is 825 g/mol. The molecule has 2 aromatic heterocycles. The Balaban J connectivity index is 0.950. The van der Waals surface area contributed by atoms with Crippen molar-refractivity contribution in [1.29, 1.82) is 0 Å². The fraction of sp³-hybridized carbons (Fsp3) is 0.0156. The predicted octanol–water partition coefficient (Wildman–Crippen LogP) is 15.6. The Morgan fingerprint density at radius 2 is 0.706 bits per heavy atom. The van der Waals surface area contributed by atoms with Crippen LogP contribution in [-0.2, 0) is 5.41 Å². The van der Waals surface area contributed by atoms with E-state index in [0.717, 1.165) is 55.2 Å². The van der Waals surface area contributed by atoms with Crippen LogP contribution >= 0.6 is 0 Å². The molecule has 0 unspecified atom stereocenters. The Kier molecular flexibility index (Phi) is 8.46. The summed E-state index contributed by atoms with van der Waals surface area (Å²) in [6, 6.07) is 87.6. The number of hydrogen-bond donors (Lipinski definition) is 0. The zero-order chi connectivity index (χ0) is 44.8. The van der Waals surface area contributed by atoms with Gasteiger partial charge in [-0.3, -0.25) is 4.57 Å². The molecule has 4 nitrogen and oxygen atoms in total. The normalized spacial score (nSPS) is 12.8. The third-order valence-corrected chi connectivity index (χ3v) is 14.3. The standard InChI is InChI=1S/C64H40N4/c1-3-17-41(18-4-1)43-21-15-22-44(37-43)45-23-16-24-48(38-45)62-65-61(42-19-5-2-6-20-42)66-63(67-62)68-59-32-14-10-28-53(59)54-36-34-47(40-60(54)68)46-33-35-52-51-27-9-13-31-57(51)64(58(52)39-46)55-29-11-7-25-49(55)50-26-8-12-30-56(50)64/h1-40H. The molecule has 316 valence electrons. The van der Waals surface area contributed by atoms with Crippen molar-refractivity contribution in [1.82, 2.24) is 19.5 Å². The molecule has 2 heterocycles. The van der Waals surface area contributed by atoms with E-state index in [1.807, 2.05) is 18.2 Å². The lowest BCUT2D eigenvalue weighted by molar-refractivity contribution is 0.794. The van der Waals surface area contributed by atoms with Gasteiger partial charge in [0, 0.05) is 21.9 Å². The van der Waals surface area contributed by atoms with E-state index in [0.29, 0.717) is 17.6 Å². The van der Waals surface area contributed by atoms with Crippen LogP contribution in [0.15, 0.2) is 243 Å². The fourth-order valence-electron chi connectivity index (χ4n) is 11.3. The van der Waals surface area contributed by atoms with E-state index < -0.39 is 5.41 Å². The minimum atomic E-state index is -0.425. The number of para-hydroxylation sites is 1. The van der Waals surface area contributed by atoms with Gasteiger partial charge in [0.25, 0.3) is 0 Å². The molecule has 0 fully saturated rings. The summed E-state index contributed by atoms with van der Waals surface area (Å²) in [7, 11) is 0. The lowest BCUT2D eigenvalue weighted by Crippen LogP contribution is -2.25. The van der Waals surface area contributed by atoms with Gasteiger partial charge in [0.15, 0.2) is 11.6 Å². The maximum atomic E-state index is 5.38. The first-order valence-electron chi connectivity index (χ1n) is 23.3. The molecule has 0 saturated carbocycles. The van der Waals surface area contributed by atoms with E-state index in [4.69, 9.17) is 15.0 Å². The van der Waals surface area contributed by atoms with Gasteiger partial charge in [0.2, 0.25) is 5.95 Å². The summed E-state index contributed by atoms with van der Waals surface area (Å²) in [6.07, 6.45) is 0. The second-order valence-electron chi connectivity index (χ2n) is 17.9. The average Bonchev–Trinajstić information content (AvgIpc) is 4.03. The molecule has 1 spiro atoms. The molecule has 0 aliphatic heterocycles. The molecular formula is C64H40N4. The van der Waals surface area contributed by atoms with Crippen molar-refractivity contribution >= 4 is 21.8 Å². The number of benzene rings is 10. The Labute approximate surface area is 394 Å². The summed E-state index contributed by atoms with van der Waals surface area (Å²) >= 11 is 0. The van der Waals surface area contributed by atoms with Crippen molar-refractivity contribution in [3.63, 3.8) is 0 Å². The van der Waals surface area contributed by atoms with Gasteiger partial charge >= 0.3 is 0 Å². The lowest BCUT2D eigenvalue weighted by atomic mass is 9.70. The second kappa shape index (κ2) is 15.0. The van der Waals surface area contributed by atoms with E-state index in [2.05, 4.69) is 229 Å². The highest BCUT2D eigenvalue weighted by molar-refractivity contribution is 6.10. The zero-order valence-electron chi connectivity index (χ0n) is 36.9. The quantitative estimate of drug-likeness (QED) is 0.167. The third kappa shape index (κ3) is 5.71. The number of hydrogen-bond acceptors (Lipinski definition) is 3. The number of rotatable bonds is 6. The molecule has 0 bridgehead atoms. The number of aromatic nitrogens is 4. The third-order valence-electron chi connectivity index (χ3n) is 14.3. The van der Waals surface area contributed by atoms with Crippen LogP contribution in [-0.4, -0.2) is 19.5 Å². The first-order chi connectivity index (χ1) is 33.7. The summed E-state index contributed by atoms with van der Waals surface area (Å²) in [5.74, 6) is 1.79. The molecule has 68 heavy (non-hydrogen) atoms. The van der Waals surface area contributed by atoms with Gasteiger partial charge in [-0.1, -0.05) is 212 Å². The predicted molar refractivity (Wildman–Crippen MR) is 278 cm³/mol. The number of fused-ring (bicyclic) bond motifs is 13. The molecule has 0 amide bonds. The van der Waals surface area contributed by atoms with E-state index in [-0.39, 0.29) is 0 Å². The van der Waals surface area contributed by atoms with Gasteiger partial charge in [-0.25, -0.2) is 4.98 Å².